The molecule has 1 aromatic rings. The van der Waals surface area contributed by atoms with Crippen LogP contribution in [0.15, 0.2) is 24.3 Å². The molecule has 16 heavy (non-hydrogen) atoms. The second-order valence-electron chi connectivity index (χ2n) is 4.74. The Balaban J connectivity index is 2.32. The fourth-order valence-corrected chi connectivity index (χ4v) is 2.74. The monoisotopic (exact) mass is 220 g/mol. The lowest BCUT2D eigenvalue weighted by Gasteiger charge is -2.39. The number of benzene rings is 1. The van der Waals surface area contributed by atoms with Crippen molar-refractivity contribution in [3.63, 3.8) is 0 Å². The van der Waals surface area contributed by atoms with Crippen LogP contribution in [0.2, 0.25) is 0 Å². The van der Waals surface area contributed by atoms with E-state index in [1.165, 1.54) is 11.1 Å². The van der Waals surface area contributed by atoms with Crippen molar-refractivity contribution < 1.29 is 9.84 Å². The van der Waals surface area contributed by atoms with Crippen LogP contribution in [-0.2, 0) is 10.3 Å². The predicted octanol–water partition coefficient (Wildman–Crippen LogP) is 2.77. The van der Waals surface area contributed by atoms with Gasteiger partial charge in [-0.15, -0.1) is 0 Å². The van der Waals surface area contributed by atoms with Gasteiger partial charge in [-0.1, -0.05) is 24.3 Å². The summed E-state index contributed by atoms with van der Waals surface area (Å²) in [4.78, 5) is 0. The molecule has 1 aliphatic carbocycles. The van der Waals surface area contributed by atoms with Crippen molar-refractivity contribution >= 4 is 0 Å². The topological polar surface area (TPSA) is 29.5 Å². The average molecular weight is 220 g/mol. The van der Waals surface area contributed by atoms with Gasteiger partial charge in [-0.3, -0.25) is 0 Å². The highest BCUT2D eigenvalue weighted by Gasteiger charge is 2.37. The number of ether oxygens (including phenoxy) is 1. The Kier molecular flexibility index (Phi) is 3.31. The summed E-state index contributed by atoms with van der Waals surface area (Å²) in [6, 6.07) is 8.39. The molecule has 0 bridgehead atoms. The van der Waals surface area contributed by atoms with E-state index in [0.717, 1.165) is 25.7 Å². The first-order chi connectivity index (χ1) is 7.68. The highest BCUT2D eigenvalue weighted by atomic mass is 16.5. The first-order valence-corrected chi connectivity index (χ1v) is 5.97. The Morgan fingerprint density at radius 2 is 1.88 bits per heavy atom. The Labute approximate surface area is 97.3 Å². The van der Waals surface area contributed by atoms with Gasteiger partial charge in [-0.05, 0) is 43.7 Å². The Morgan fingerprint density at radius 1 is 1.25 bits per heavy atom. The highest BCUT2D eigenvalue weighted by Crippen LogP contribution is 2.41. The third kappa shape index (κ3) is 2.00. The molecule has 0 saturated heterocycles. The minimum absolute atomic E-state index is 0.146. The summed E-state index contributed by atoms with van der Waals surface area (Å²) < 4.78 is 5.78. The van der Waals surface area contributed by atoms with Gasteiger partial charge in [0.25, 0.3) is 0 Å². The van der Waals surface area contributed by atoms with Crippen molar-refractivity contribution in [3.05, 3.63) is 35.4 Å². The lowest BCUT2D eigenvalue weighted by molar-refractivity contribution is -0.0693. The van der Waals surface area contributed by atoms with Crippen LogP contribution in [0.3, 0.4) is 0 Å². The van der Waals surface area contributed by atoms with Gasteiger partial charge in [0.15, 0.2) is 0 Å². The third-order valence-electron chi connectivity index (χ3n) is 3.79. The first kappa shape index (κ1) is 11.6. The maximum atomic E-state index is 9.60. The summed E-state index contributed by atoms with van der Waals surface area (Å²) in [5, 5.41) is 9.60. The van der Waals surface area contributed by atoms with Gasteiger partial charge >= 0.3 is 0 Å². The zero-order chi connectivity index (χ0) is 11.6. The van der Waals surface area contributed by atoms with Crippen LogP contribution < -0.4 is 0 Å². The number of aliphatic hydroxyl groups is 1. The number of aryl methyl sites for hydroxylation is 1. The third-order valence-corrected chi connectivity index (χ3v) is 3.79. The van der Waals surface area contributed by atoms with Gasteiger partial charge in [0.1, 0.15) is 0 Å². The summed E-state index contributed by atoms with van der Waals surface area (Å²) >= 11 is 0. The van der Waals surface area contributed by atoms with Gasteiger partial charge in [0.05, 0.1) is 11.7 Å². The van der Waals surface area contributed by atoms with Crippen molar-refractivity contribution in [1.82, 2.24) is 0 Å². The summed E-state index contributed by atoms with van der Waals surface area (Å²) in [5.41, 5.74) is 2.38. The SMILES string of the molecule is COC1(c2ccccc2C)CCC(O)CC1. The largest absolute Gasteiger partial charge is 0.393 e. The molecule has 2 heteroatoms. The number of hydrogen-bond donors (Lipinski definition) is 1. The second kappa shape index (κ2) is 4.56. The second-order valence-corrected chi connectivity index (χ2v) is 4.74. The molecule has 0 radical (unpaired) electrons. The average Bonchev–Trinajstić information content (AvgIpc) is 2.32. The Hall–Kier alpha value is -0.860. The van der Waals surface area contributed by atoms with Crippen molar-refractivity contribution in [3.8, 4) is 0 Å². The van der Waals surface area contributed by atoms with Gasteiger partial charge in [0.2, 0.25) is 0 Å². The molecule has 0 spiro atoms. The standard InChI is InChI=1S/C14H20O2/c1-11-5-3-4-6-13(11)14(16-2)9-7-12(15)8-10-14/h3-6,12,15H,7-10H2,1-2H3. The molecule has 0 aliphatic heterocycles. The van der Waals surface area contributed by atoms with E-state index in [1.54, 1.807) is 7.11 Å². The van der Waals surface area contributed by atoms with Crippen molar-refractivity contribution in [1.29, 1.82) is 0 Å². The molecule has 0 unspecified atom stereocenters. The fourth-order valence-electron chi connectivity index (χ4n) is 2.74. The first-order valence-electron chi connectivity index (χ1n) is 5.97. The van der Waals surface area contributed by atoms with Gasteiger partial charge in [-0.25, -0.2) is 0 Å². The molecule has 0 amide bonds. The molecule has 2 nitrogen and oxygen atoms in total. The number of rotatable bonds is 2. The highest BCUT2D eigenvalue weighted by molar-refractivity contribution is 5.32. The van der Waals surface area contributed by atoms with E-state index >= 15 is 0 Å². The molecule has 1 aliphatic rings. The number of hydrogen-bond acceptors (Lipinski definition) is 2. The zero-order valence-electron chi connectivity index (χ0n) is 10.1. The molecule has 0 heterocycles. The van der Waals surface area contributed by atoms with Crippen molar-refractivity contribution in [2.45, 2.75) is 44.3 Å². The molecular weight excluding hydrogens is 200 g/mol. The normalized spacial score (nSPS) is 30.3. The number of methoxy groups -OCH3 is 1. The zero-order valence-corrected chi connectivity index (χ0v) is 10.1. The molecule has 88 valence electrons. The van der Waals surface area contributed by atoms with Gasteiger partial charge < -0.3 is 9.84 Å². The summed E-state index contributed by atoms with van der Waals surface area (Å²) in [5.74, 6) is 0. The minimum atomic E-state index is -0.176. The van der Waals surface area contributed by atoms with Gasteiger partial charge in [0, 0.05) is 7.11 Å². The van der Waals surface area contributed by atoms with Crippen LogP contribution in [0, 0.1) is 6.92 Å². The van der Waals surface area contributed by atoms with Crippen molar-refractivity contribution in [2.75, 3.05) is 7.11 Å². The van der Waals surface area contributed by atoms with E-state index < -0.39 is 0 Å². The number of aliphatic hydroxyl groups excluding tert-OH is 1. The summed E-state index contributed by atoms with van der Waals surface area (Å²) in [6.45, 7) is 2.13. The smallest absolute Gasteiger partial charge is 0.0932 e. The molecule has 1 aromatic carbocycles. The minimum Gasteiger partial charge on any atom is -0.393 e. The van der Waals surface area contributed by atoms with Crippen LogP contribution in [0.25, 0.3) is 0 Å². The molecule has 1 N–H and O–H groups in total. The van der Waals surface area contributed by atoms with E-state index in [2.05, 4.69) is 31.2 Å². The lowest BCUT2D eigenvalue weighted by Crippen LogP contribution is -2.35. The van der Waals surface area contributed by atoms with E-state index in [-0.39, 0.29) is 11.7 Å². The van der Waals surface area contributed by atoms with E-state index in [0.29, 0.717) is 0 Å². The molecule has 0 aromatic heterocycles. The molecule has 0 atom stereocenters. The van der Waals surface area contributed by atoms with E-state index in [1.807, 2.05) is 0 Å². The Morgan fingerprint density at radius 3 is 2.44 bits per heavy atom. The molecular formula is C14H20O2. The lowest BCUT2D eigenvalue weighted by atomic mass is 9.77. The van der Waals surface area contributed by atoms with E-state index in [4.69, 9.17) is 4.74 Å². The fraction of sp³-hybridized carbons (Fsp3) is 0.571. The molecule has 2 rings (SSSR count). The summed E-state index contributed by atoms with van der Waals surface area (Å²) in [7, 11) is 1.78. The quantitative estimate of drug-likeness (QED) is 0.830. The Bertz CT molecular complexity index is 352. The van der Waals surface area contributed by atoms with Crippen LogP contribution in [0.1, 0.15) is 36.8 Å². The van der Waals surface area contributed by atoms with Crippen LogP contribution >= 0.6 is 0 Å². The maximum Gasteiger partial charge on any atom is 0.0932 e. The molecule has 1 saturated carbocycles. The maximum absolute atomic E-state index is 9.60. The van der Waals surface area contributed by atoms with Crippen LogP contribution in [-0.4, -0.2) is 18.3 Å². The van der Waals surface area contributed by atoms with Gasteiger partial charge in [-0.2, -0.15) is 0 Å². The predicted molar refractivity (Wildman–Crippen MR) is 64.3 cm³/mol. The van der Waals surface area contributed by atoms with Crippen molar-refractivity contribution in [2.24, 2.45) is 0 Å². The summed E-state index contributed by atoms with van der Waals surface area (Å²) in [6.07, 6.45) is 3.35. The van der Waals surface area contributed by atoms with Crippen LogP contribution in [0.4, 0.5) is 0 Å². The molecule has 1 fully saturated rings. The van der Waals surface area contributed by atoms with Crippen LogP contribution in [0.5, 0.6) is 0 Å². The van der Waals surface area contributed by atoms with E-state index in [9.17, 15) is 5.11 Å².